The largest absolute Gasteiger partial charge is 0.497 e. The van der Waals surface area contributed by atoms with Crippen molar-refractivity contribution in [1.29, 1.82) is 0 Å². The van der Waals surface area contributed by atoms with Crippen molar-refractivity contribution in [3.8, 4) is 17.4 Å². The molecule has 1 aromatic carbocycles. The number of methoxy groups -OCH3 is 1. The molecule has 0 aliphatic carbocycles. The molecule has 0 radical (unpaired) electrons. The number of aromatic nitrogens is 2. The van der Waals surface area contributed by atoms with Gasteiger partial charge in [-0.25, -0.2) is 15.0 Å². The van der Waals surface area contributed by atoms with Crippen LogP contribution < -0.4 is 19.7 Å². The number of hydrogen-bond acceptors (Lipinski definition) is 6. The maximum atomic E-state index is 5.81. The monoisotopic (exact) mass is 574 g/mol. The number of nitrogens with zero attached hydrogens (tertiary/aromatic N) is 5. The molecule has 180 valence electrons. The lowest BCUT2D eigenvalue weighted by molar-refractivity contribution is 0.371. The maximum absolute atomic E-state index is 5.81. The summed E-state index contributed by atoms with van der Waals surface area (Å²) in [5.41, 5.74) is 1.03. The van der Waals surface area contributed by atoms with Crippen LogP contribution >= 0.6 is 24.0 Å². The average molecular weight is 574 g/mol. The van der Waals surface area contributed by atoms with E-state index in [-0.39, 0.29) is 24.0 Å². The summed E-state index contributed by atoms with van der Waals surface area (Å²) in [6.45, 7) is 7.10. The van der Waals surface area contributed by atoms with E-state index in [9.17, 15) is 0 Å². The second-order valence-corrected chi connectivity index (χ2v) is 7.61. The molecular formula is C25H31IN6O2. The lowest BCUT2D eigenvalue weighted by atomic mass is 10.3. The third-order valence-corrected chi connectivity index (χ3v) is 5.38. The Labute approximate surface area is 218 Å². The Kier molecular flexibility index (Phi) is 9.75. The zero-order chi connectivity index (χ0) is 22.9. The molecule has 9 heteroatoms. The summed E-state index contributed by atoms with van der Waals surface area (Å²) in [6, 6.07) is 17.3. The zero-order valence-corrected chi connectivity index (χ0v) is 21.9. The van der Waals surface area contributed by atoms with Gasteiger partial charge in [-0.15, -0.1) is 24.0 Å². The predicted molar refractivity (Wildman–Crippen MR) is 146 cm³/mol. The van der Waals surface area contributed by atoms with Gasteiger partial charge in [-0.1, -0.05) is 12.1 Å². The van der Waals surface area contributed by atoms with Crippen LogP contribution in [0.2, 0.25) is 0 Å². The first-order chi connectivity index (χ1) is 16.2. The molecule has 1 aliphatic heterocycles. The minimum absolute atomic E-state index is 0. The molecule has 0 bridgehead atoms. The Bertz CT molecular complexity index is 1020. The number of aliphatic imine (C=N–C) groups is 1. The summed E-state index contributed by atoms with van der Waals surface area (Å²) < 4.78 is 11.0. The molecule has 2 aromatic heterocycles. The van der Waals surface area contributed by atoms with Gasteiger partial charge in [0.25, 0.3) is 0 Å². The van der Waals surface area contributed by atoms with E-state index in [2.05, 4.69) is 38.1 Å². The third kappa shape index (κ3) is 6.96. The van der Waals surface area contributed by atoms with Crippen LogP contribution in [0.5, 0.6) is 17.4 Å². The number of nitrogens with one attached hydrogen (secondary N) is 1. The first-order valence-corrected chi connectivity index (χ1v) is 11.2. The molecule has 1 N–H and O–H groups in total. The topological polar surface area (TPSA) is 75.1 Å². The van der Waals surface area contributed by atoms with Crippen LogP contribution in [0.25, 0.3) is 0 Å². The highest BCUT2D eigenvalue weighted by Gasteiger charge is 2.20. The lowest BCUT2D eigenvalue weighted by Gasteiger charge is -2.37. The van der Waals surface area contributed by atoms with Gasteiger partial charge in [-0.2, -0.15) is 0 Å². The molecule has 0 saturated carbocycles. The van der Waals surface area contributed by atoms with E-state index in [0.717, 1.165) is 55.8 Å². The Balaban J connectivity index is 0.00000324. The first-order valence-electron chi connectivity index (χ1n) is 11.2. The fourth-order valence-corrected chi connectivity index (χ4v) is 3.61. The molecule has 8 nitrogen and oxygen atoms in total. The summed E-state index contributed by atoms with van der Waals surface area (Å²) in [4.78, 5) is 18.3. The number of pyridine rings is 2. The Morgan fingerprint density at radius 1 is 0.971 bits per heavy atom. The van der Waals surface area contributed by atoms with E-state index in [4.69, 9.17) is 14.5 Å². The van der Waals surface area contributed by atoms with Gasteiger partial charge >= 0.3 is 0 Å². The molecule has 4 rings (SSSR count). The third-order valence-electron chi connectivity index (χ3n) is 5.38. The van der Waals surface area contributed by atoms with E-state index in [1.165, 1.54) is 0 Å². The van der Waals surface area contributed by atoms with E-state index in [1.54, 1.807) is 7.11 Å². The van der Waals surface area contributed by atoms with Crippen molar-refractivity contribution in [3.63, 3.8) is 0 Å². The summed E-state index contributed by atoms with van der Waals surface area (Å²) in [5.74, 6) is 4.01. The van der Waals surface area contributed by atoms with Crippen molar-refractivity contribution in [3.05, 3.63) is 72.6 Å². The number of anilines is 1. The SMILES string of the molecule is CCNC(=NCc1ccc(Oc2ccc(OC)cc2)nc1)N1CCN(c2ccccn2)CC1.I. The zero-order valence-electron chi connectivity index (χ0n) is 19.6. The number of guanidine groups is 1. The second kappa shape index (κ2) is 13.0. The molecule has 0 atom stereocenters. The molecule has 1 fully saturated rings. The summed E-state index contributed by atoms with van der Waals surface area (Å²) in [7, 11) is 1.64. The Morgan fingerprint density at radius 3 is 2.35 bits per heavy atom. The molecule has 0 spiro atoms. The number of benzene rings is 1. The molecule has 0 unspecified atom stereocenters. The molecule has 0 amide bonds. The van der Waals surface area contributed by atoms with Crippen molar-refractivity contribution in [2.24, 2.45) is 4.99 Å². The lowest BCUT2D eigenvalue weighted by Crippen LogP contribution is -2.52. The first kappa shape index (κ1) is 25.5. The van der Waals surface area contributed by atoms with E-state index in [0.29, 0.717) is 18.2 Å². The highest BCUT2D eigenvalue weighted by Crippen LogP contribution is 2.22. The average Bonchev–Trinajstić information content (AvgIpc) is 2.88. The van der Waals surface area contributed by atoms with E-state index in [1.807, 2.05) is 60.9 Å². The van der Waals surface area contributed by atoms with Crippen LogP contribution in [-0.2, 0) is 6.54 Å². The van der Waals surface area contributed by atoms with Crippen molar-refractivity contribution in [2.75, 3.05) is 44.7 Å². The van der Waals surface area contributed by atoms with Crippen LogP contribution in [0, 0.1) is 0 Å². The van der Waals surface area contributed by atoms with Crippen LogP contribution in [0.4, 0.5) is 5.82 Å². The van der Waals surface area contributed by atoms with Gasteiger partial charge in [0.15, 0.2) is 5.96 Å². The Hall–Kier alpha value is -3.08. The molecule has 1 saturated heterocycles. The number of halogens is 1. The Morgan fingerprint density at radius 2 is 1.74 bits per heavy atom. The van der Waals surface area contributed by atoms with Crippen LogP contribution in [-0.4, -0.2) is 60.7 Å². The highest BCUT2D eigenvalue weighted by molar-refractivity contribution is 14.0. The molecule has 3 aromatic rings. The minimum Gasteiger partial charge on any atom is -0.497 e. The molecule has 3 heterocycles. The quantitative estimate of drug-likeness (QED) is 0.258. The van der Waals surface area contributed by atoms with Gasteiger partial charge in [-0.3, -0.25) is 0 Å². The maximum Gasteiger partial charge on any atom is 0.219 e. The van der Waals surface area contributed by atoms with E-state index < -0.39 is 0 Å². The van der Waals surface area contributed by atoms with Crippen LogP contribution in [0.1, 0.15) is 12.5 Å². The number of ether oxygens (including phenoxy) is 2. The van der Waals surface area contributed by atoms with Gasteiger partial charge in [0.05, 0.1) is 13.7 Å². The highest BCUT2D eigenvalue weighted by atomic mass is 127. The minimum atomic E-state index is 0. The summed E-state index contributed by atoms with van der Waals surface area (Å²) in [5, 5.41) is 3.42. The summed E-state index contributed by atoms with van der Waals surface area (Å²) in [6.07, 6.45) is 3.65. The van der Waals surface area contributed by atoms with Crippen molar-refractivity contribution in [2.45, 2.75) is 13.5 Å². The summed E-state index contributed by atoms with van der Waals surface area (Å²) >= 11 is 0. The standard InChI is InChI=1S/C25H30N6O2.HI/c1-3-26-25(31-16-14-30(15-17-31)23-6-4-5-13-27-23)29-19-20-7-12-24(28-18-20)33-22-10-8-21(32-2)9-11-22;/h4-13,18H,3,14-17,19H2,1-2H3,(H,26,29);1H. The molecule has 1 aliphatic rings. The number of rotatable bonds is 7. The van der Waals surface area contributed by atoms with Gasteiger partial charge in [0.1, 0.15) is 17.3 Å². The number of piperazine rings is 1. The van der Waals surface area contributed by atoms with Crippen molar-refractivity contribution < 1.29 is 9.47 Å². The van der Waals surface area contributed by atoms with Crippen LogP contribution in [0.3, 0.4) is 0 Å². The second-order valence-electron chi connectivity index (χ2n) is 7.61. The van der Waals surface area contributed by atoms with Crippen molar-refractivity contribution >= 4 is 35.8 Å². The van der Waals surface area contributed by atoms with E-state index >= 15 is 0 Å². The van der Waals surface area contributed by atoms with Gasteiger partial charge in [-0.05, 0) is 48.9 Å². The smallest absolute Gasteiger partial charge is 0.219 e. The van der Waals surface area contributed by atoms with Gasteiger partial charge in [0.2, 0.25) is 5.88 Å². The normalized spacial score (nSPS) is 13.8. The number of hydrogen-bond donors (Lipinski definition) is 1. The fourth-order valence-electron chi connectivity index (χ4n) is 3.61. The molecular weight excluding hydrogens is 543 g/mol. The van der Waals surface area contributed by atoms with Gasteiger partial charge in [0, 0.05) is 51.2 Å². The predicted octanol–water partition coefficient (Wildman–Crippen LogP) is 4.18. The van der Waals surface area contributed by atoms with Gasteiger partial charge < -0.3 is 24.6 Å². The molecule has 34 heavy (non-hydrogen) atoms. The fraction of sp³-hybridized carbons (Fsp3) is 0.320. The van der Waals surface area contributed by atoms with Crippen LogP contribution in [0.15, 0.2) is 72.0 Å². The van der Waals surface area contributed by atoms with Crippen molar-refractivity contribution in [1.82, 2.24) is 20.2 Å².